The Balaban J connectivity index is 5.16. The van der Waals surface area contributed by atoms with Crippen LogP contribution in [0.4, 0.5) is 0 Å². The van der Waals surface area contributed by atoms with Crippen LogP contribution in [-0.2, 0) is 24.0 Å². The van der Waals surface area contributed by atoms with Crippen LogP contribution in [0, 0.1) is 0 Å². The highest BCUT2D eigenvalue weighted by atomic mass is 16.4. The lowest BCUT2D eigenvalue weighted by molar-refractivity contribution is -0.143. The van der Waals surface area contributed by atoms with Crippen molar-refractivity contribution in [1.29, 1.82) is 0 Å². The van der Waals surface area contributed by atoms with Crippen LogP contribution in [-0.4, -0.2) is 93.5 Å². The number of carbonyl (C=O) groups is 5. The Morgan fingerprint density at radius 1 is 0.897 bits per heavy atom. The van der Waals surface area contributed by atoms with Crippen molar-refractivity contribution in [3.8, 4) is 0 Å². The van der Waals surface area contributed by atoms with E-state index in [2.05, 4.69) is 10.6 Å². The van der Waals surface area contributed by atoms with E-state index in [-0.39, 0.29) is 12.8 Å². The predicted octanol–water partition coefficient (Wildman–Crippen LogP) is -5.52. The molecule has 0 fully saturated rings. The third kappa shape index (κ3) is 9.29. The maximum absolute atomic E-state index is 12.3. The predicted molar refractivity (Wildman–Crippen MR) is 95.7 cm³/mol. The molecule has 0 aliphatic heterocycles. The molecule has 14 heteroatoms. The van der Waals surface area contributed by atoms with Crippen molar-refractivity contribution in [3.05, 3.63) is 0 Å². The van der Waals surface area contributed by atoms with E-state index in [0.29, 0.717) is 0 Å². The zero-order valence-corrected chi connectivity index (χ0v) is 15.7. The highest BCUT2D eigenvalue weighted by Crippen LogP contribution is 2.01. The first-order valence-corrected chi connectivity index (χ1v) is 8.52. The van der Waals surface area contributed by atoms with Gasteiger partial charge in [-0.05, 0) is 13.3 Å². The molecule has 0 radical (unpaired) electrons. The van der Waals surface area contributed by atoms with Crippen molar-refractivity contribution < 1.29 is 44.4 Å². The number of carboxylic acids is 1. The summed E-state index contributed by atoms with van der Waals surface area (Å²) in [6.45, 7) is -0.468. The van der Waals surface area contributed by atoms with Gasteiger partial charge in [-0.1, -0.05) is 0 Å². The maximum atomic E-state index is 12.3. The normalized spacial score (nSPS) is 15.9. The molecule has 0 heterocycles. The lowest BCUT2D eigenvalue weighted by atomic mass is 10.1. The standard InChI is InChI=1S/C15H27N5O9/c1-6(23)11(14(27)18-8(15(28)29)2-3-10(17)24)20-13(26)9(5-22)19-12(25)7(16)4-21/h6-9,11,21-23H,2-5,16H2,1H3,(H2,17,24)(H,18,27)(H,19,25)(H,20,26)(H,28,29). The van der Waals surface area contributed by atoms with Gasteiger partial charge in [0.1, 0.15) is 24.2 Å². The van der Waals surface area contributed by atoms with Crippen molar-refractivity contribution in [2.24, 2.45) is 11.5 Å². The van der Waals surface area contributed by atoms with Gasteiger partial charge in [-0.2, -0.15) is 0 Å². The molecular formula is C15H27N5O9. The third-order valence-corrected chi connectivity index (χ3v) is 3.71. The molecule has 0 aromatic heterocycles. The first kappa shape index (κ1) is 26.2. The van der Waals surface area contributed by atoms with E-state index in [0.717, 1.165) is 6.92 Å². The van der Waals surface area contributed by atoms with Gasteiger partial charge in [0.05, 0.1) is 19.3 Å². The summed E-state index contributed by atoms with van der Waals surface area (Å²) in [5.74, 6) is -5.35. The van der Waals surface area contributed by atoms with Gasteiger partial charge in [-0.25, -0.2) is 4.79 Å². The number of primary amides is 1. The van der Waals surface area contributed by atoms with Crippen LogP contribution in [0.3, 0.4) is 0 Å². The Bertz CT molecular complexity index is 613. The topological polar surface area (TPSA) is 254 Å². The molecule has 0 saturated heterocycles. The molecular weight excluding hydrogens is 394 g/mol. The van der Waals surface area contributed by atoms with Crippen LogP contribution in [0.15, 0.2) is 0 Å². The molecule has 0 spiro atoms. The number of carbonyl (C=O) groups excluding carboxylic acids is 4. The van der Waals surface area contributed by atoms with Gasteiger partial charge in [0, 0.05) is 6.42 Å². The van der Waals surface area contributed by atoms with Crippen molar-refractivity contribution in [1.82, 2.24) is 16.0 Å². The molecule has 0 aliphatic rings. The summed E-state index contributed by atoms with van der Waals surface area (Å²) in [4.78, 5) is 58.1. The van der Waals surface area contributed by atoms with Crippen LogP contribution >= 0.6 is 0 Å². The van der Waals surface area contributed by atoms with Crippen LogP contribution in [0.2, 0.25) is 0 Å². The molecule has 0 saturated carbocycles. The minimum Gasteiger partial charge on any atom is -0.480 e. The fourth-order valence-corrected chi connectivity index (χ4v) is 2.02. The summed E-state index contributed by atoms with van der Waals surface area (Å²) in [5, 5.41) is 43.1. The van der Waals surface area contributed by atoms with Crippen LogP contribution < -0.4 is 27.4 Å². The molecule has 5 unspecified atom stereocenters. The van der Waals surface area contributed by atoms with E-state index in [1.165, 1.54) is 0 Å². The quantitative estimate of drug-likeness (QED) is 0.136. The number of nitrogens with one attached hydrogen (secondary N) is 3. The van der Waals surface area contributed by atoms with Crippen molar-refractivity contribution >= 4 is 29.6 Å². The smallest absolute Gasteiger partial charge is 0.326 e. The molecule has 11 N–H and O–H groups in total. The van der Waals surface area contributed by atoms with Crippen molar-refractivity contribution in [2.45, 2.75) is 50.0 Å². The largest absolute Gasteiger partial charge is 0.480 e. The number of aliphatic carboxylic acids is 1. The Hall–Kier alpha value is -2.81. The third-order valence-electron chi connectivity index (χ3n) is 3.71. The minimum atomic E-state index is -1.64. The van der Waals surface area contributed by atoms with E-state index in [4.69, 9.17) is 21.7 Å². The highest BCUT2D eigenvalue weighted by Gasteiger charge is 2.32. The molecule has 0 bridgehead atoms. The Kier molecular flexibility index (Phi) is 11.4. The monoisotopic (exact) mass is 421 g/mol. The van der Waals surface area contributed by atoms with E-state index in [1.807, 2.05) is 5.32 Å². The van der Waals surface area contributed by atoms with Crippen LogP contribution in [0.1, 0.15) is 19.8 Å². The Labute approximate surface area is 165 Å². The molecule has 29 heavy (non-hydrogen) atoms. The number of rotatable bonds is 13. The van der Waals surface area contributed by atoms with Crippen molar-refractivity contribution in [3.63, 3.8) is 0 Å². The molecule has 4 amide bonds. The molecule has 0 rings (SSSR count). The number of hydrogen-bond acceptors (Lipinski definition) is 9. The zero-order chi connectivity index (χ0) is 22.7. The van der Waals surface area contributed by atoms with Crippen molar-refractivity contribution in [2.75, 3.05) is 13.2 Å². The summed E-state index contributed by atoms with van der Waals surface area (Å²) >= 11 is 0. The Morgan fingerprint density at radius 2 is 1.45 bits per heavy atom. The second-order valence-electron chi connectivity index (χ2n) is 6.16. The molecule has 0 aromatic rings. The molecule has 166 valence electrons. The molecule has 0 aromatic carbocycles. The van der Waals surface area contributed by atoms with Gasteiger partial charge in [-0.15, -0.1) is 0 Å². The number of amides is 4. The second-order valence-corrected chi connectivity index (χ2v) is 6.16. The summed E-state index contributed by atoms with van der Waals surface area (Å²) < 4.78 is 0. The first-order chi connectivity index (χ1) is 13.4. The SMILES string of the molecule is CC(O)C(NC(=O)C(CO)NC(=O)C(N)CO)C(=O)NC(CCC(N)=O)C(=O)O. The van der Waals surface area contributed by atoms with Gasteiger partial charge < -0.3 is 47.8 Å². The summed E-state index contributed by atoms with van der Waals surface area (Å²) in [6.07, 6.45) is -2.13. The fourth-order valence-electron chi connectivity index (χ4n) is 2.02. The summed E-state index contributed by atoms with van der Waals surface area (Å²) in [7, 11) is 0. The molecule has 0 aliphatic carbocycles. The van der Waals surface area contributed by atoms with E-state index in [1.54, 1.807) is 0 Å². The van der Waals surface area contributed by atoms with Gasteiger partial charge in [0.2, 0.25) is 23.6 Å². The fraction of sp³-hybridized carbons (Fsp3) is 0.667. The summed E-state index contributed by atoms with van der Waals surface area (Å²) in [6, 6.07) is -6.06. The van der Waals surface area contributed by atoms with Gasteiger partial charge >= 0.3 is 5.97 Å². The number of aliphatic hydroxyl groups is 3. The van der Waals surface area contributed by atoms with Crippen LogP contribution in [0.25, 0.3) is 0 Å². The first-order valence-electron chi connectivity index (χ1n) is 8.52. The maximum Gasteiger partial charge on any atom is 0.326 e. The van der Waals surface area contributed by atoms with Gasteiger partial charge in [0.25, 0.3) is 0 Å². The second kappa shape index (κ2) is 12.6. The number of carboxylic acid groups (broad SMARTS) is 1. The average molecular weight is 421 g/mol. The number of hydrogen-bond donors (Lipinski definition) is 9. The van der Waals surface area contributed by atoms with E-state index >= 15 is 0 Å². The lowest BCUT2D eigenvalue weighted by Gasteiger charge is -2.25. The molecule has 5 atom stereocenters. The molecule has 14 nitrogen and oxygen atoms in total. The number of aliphatic hydroxyl groups excluding tert-OH is 3. The number of nitrogens with two attached hydrogens (primary N) is 2. The van der Waals surface area contributed by atoms with Crippen LogP contribution in [0.5, 0.6) is 0 Å². The Morgan fingerprint density at radius 3 is 1.86 bits per heavy atom. The van der Waals surface area contributed by atoms with Gasteiger partial charge in [-0.3, -0.25) is 19.2 Å². The van der Waals surface area contributed by atoms with Gasteiger partial charge in [0.15, 0.2) is 0 Å². The van der Waals surface area contributed by atoms with E-state index in [9.17, 15) is 34.2 Å². The summed E-state index contributed by atoms with van der Waals surface area (Å²) in [5.41, 5.74) is 10.2. The lowest BCUT2D eigenvalue weighted by Crippen LogP contribution is -2.60. The average Bonchev–Trinajstić information content (AvgIpc) is 2.65. The highest BCUT2D eigenvalue weighted by molar-refractivity contribution is 5.94. The minimum absolute atomic E-state index is 0.314. The zero-order valence-electron chi connectivity index (χ0n) is 15.7. The van der Waals surface area contributed by atoms with E-state index < -0.39 is 73.1 Å².